The number of anilines is 1. The van der Waals surface area contributed by atoms with Crippen molar-refractivity contribution in [2.45, 2.75) is 12.1 Å². The Labute approximate surface area is 179 Å². The molecule has 1 amide bonds. The third-order valence-corrected chi connectivity index (χ3v) is 5.70. The summed E-state index contributed by atoms with van der Waals surface area (Å²) in [4.78, 5) is 33.2. The number of nitrogens with zero attached hydrogens (tertiary/aromatic N) is 2. The predicted molar refractivity (Wildman–Crippen MR) is 120 cm³/mol. The number of carbonyl (C=O) groups excluding carboxylic acids is 1. The molecule has 0 atom stereocenters. The van der Waals surface area contributed by atoms with Gasteiger partial charge < -0.3 is 10.3 Å². The zero-order chi connectivity index (χ0) is 20.4. The quantitative estimate of drug-likeness (QED) is 0.333. The topological polar surface area (TPSA) is 79.8 Å². The highest BCUT2D eigenvalue weighted by atomic mass is 79.9. The van der Waals surface area contributed by atoms with Gasteiger partial charge >= 0.3 is 0 Å². The van der Waals surface area contributed by atoms with Crippen LogP contribution in [0.2, 0.25) is 0 Å². The van der Waals surface area contributed by atoms with Crippen LogP contribution < -0.4 is 10.9 Å². The van der Waals surface area contributed by atoms with Crippen molar-refractivity contribution in [3.63, 3.8) is 0 Å². The fourth-order valence-corrected chi connectivity index (χ4v) is 4.02. The van der Waals surface area contributed by atoms with E-state index in [2.05, 4.69) is 31.2 Å². The van der Waals surface area contributed by atoms with E-state index in [0.717, 1.165) is 10.2 Å². The van der Waals surface area contributed by atoms with E-state index in [9.17, 15) is 9.59 Å². The summed E-state index contributed by atoms with van der Waals surface area (Å²) >= 11 is 4.60. The van der Waals surface area contributed by atoms with Crippen molar-refractivity contribution in [2.24, 2.45) is 0 Å². The number of aryl methyl sites for hydroxylation is 1. The summed E-state index contributed by atoms with van der Waals surface area (Å²) in [7, 11) is 0. The van der Waals surface area contributed by atoms with Gasteiger partial charge in [-0.2, -0.15) is 0 Å². The zero-order valence-electron chi connectivity index (χ0n) is 15.5. The molecule has 2 aromatic heterocycles. The number of benzene rings is 2. The number of aromatic amines is 1. The number of aromatic nitrogens is 3. The fraction of sp³-hybridized carbons (Fsp3) is 0.0952. The van der Waals surface area contributed by atoms with Gasteiger partial charge in [0.25, 0.3) is 5.56 Å². The van der Waals surface area contributed by atoms with Crippen molar-refractivity contribution in [3.8, 4) is 5.69 Å². The van der Waals surface area contributed by atoms with Crippen LogP contribution in [0.3, 0.4) is 0 Å². The molecule has 2 N–H and O–H groups in total. The highest BCUT2D eigenvalue weighted by Gasteiger charge is 2.16. The number of fused-ring (bicyclic) bond motifs is 1. The Morgan fingerprint density at radius 3 is 2.62 bits per heavy atom. The smallest absolute Gasteiger partial charge is 0.283 e. The SMILES string of the molecule is Cc1cc2nc(SCC(=O)Nc3ccc(Br)cc3)n(-c3ccccc3)c(=O)c2[nH]1. The van der Waals surface area contributed by atoms with Gasteiger partial charge in [-0.15, -0.1) is 0 Å². The van der Waals surface area contributed by atoms with Crippen LogP contribution in [0, 0.1) is 6.92 Å². The molecule has 0 bridgehead atoms. The summed E-state index contributed by atoms with van der Waals surface area (Å²) in [6.07, 6.45) is 0. The van der Waals surface area contributed by atoms with Crippen LogP contribution in [0.1, 0.15) is 5.69 Å². The summed E-state index contributed by atoms with van der Waals surface area (Å²) in [6.45, 7) is 1.88. The number of nitrogens with one attached hydrogen (secondary N) is 2. The van der Waals surface area contributed by atoms with Crippen molar-refractivity contribution < 1.29 is 4.79 Å². The van der Waals surface area contributed by atoms with Gasteiger partial charge in [-0.3, -0.25) is 14.2 Å². The first-order valence-corrected chi connectivity index (χ1v) is 10.6. The van der Waals surface area contributed by atoms with Crippen LogP contribution >= 0.6 is 27.7 Å². The molecule has 0 aliphatic heterocycles. The molecule has 6 nitrogen and oxygen atoms in total. The lowest BCUT2D eigenvalue weighted by molar-refractivity contribution is -0.113. The normalized spacial score (nSPS) is 11.0. The van der Waals surface area contributed by atoms with E-state index in [1.165, 1.54) is 16.3 Å². The minimum atomic E-state index is -0.190. The molecule has 0 aliphatic rings. The third-order valence-electron chi connectivity index (χ3n) is 4.23. The molecule has 0 saturated carbocycles. The molecule has 0 fully saturated rings. The van der Waals surface area contributed by atoms with Gasteiger partial charge in [-0.25, -0.2) is 4.98 Å². The highest BCUT2D eigenvalue weighted by Crippen LogP contribution is 2.22. The van der Waals surface area contributed by atoms with Crippen LogP contribution in [0.25, 0.3) is 16.7 Å². The molecule has 2 heterocycles. The molecule has 4 rings (SSSR count). The van der Waals surface area contributed by atoms with Gasteiger partial charge in [0, 0.05) is 15.9 Å². The van der Waals surface area contributed by atoms with Crippen molar-refractivity contribution in [1.82, 2.24) is 14.5 Å². The number of rotatable bonds is 5. The lowest BCUT2D eigenvalue weighted by Crippen LogP contribution is -2.23. The minimum Gasteiger partial charge on any atom is -0.353 e. The molecule has 0 radical (unpaired) electrons. The molecule has 0 saturated heterocycles. The van der Waals surface area contributed by atoms with E-state index in [4.69, 9.17) is 0 Å². The molecule has 0 spiro atoms. The molecule has 4 aromatic rings. The number of halogens is 1. The van der Waals surface area contributed by atoms with Gasteiger partial charge in [0.15, 0.2) is 5.16 Å². The Morgan fingerprint density at radius 1 is 1.17 bits per heavy atom. The van der Waals surface area contributed by atoms with Crippen LogP contribution in [-0.4, -0.2) is 26.2 Å². The van der Waals surface area contributed by atoms with Crippen LogP contribution in [0.15, 0.2) is 75.1 Å². The second-order valence-corrected chi connectivity index (χ2v) is 8.28. The third kappa shape index (κ3) is 4.28. The Kier molecular flexibility index (Phi) is 5.55. The molecule has 2 aromatic carbocycles. The maximum Gasteiger partial charge on any atom is 0.283 e. The van der Waals surface area contributed by atoms with Gasteiger partial charge in [-0.1, -0.05) is 45.9 Å². The summed E-state index contributed by atoms with van der Waals surface area (Å²) in [5, 5.41) is 3.32. The van der Waals surface area contributed by atoms with E-state index in [0.29, 0.717) is 27.6 Å². The first-order valence-electron chi connectivity index (χ1n) is 8.87. The molecule has 8 heteroatoms. The van der Waals surface area contributed by atoms with E-state index in [1.54, 1.807) is 0 Å². The Bertz CT molecular complexity index is 1230. The first kappa shape index (κ1) is 19.5. The van der Waals surface area contributed by atoms with Crippen molar-refractivity contribution in [3.05, 3.63) is 81.2 Å². The van der Waals surface area contributed by atoms with Crippen LogP contribution in [0.4, 0.5) is 5.69 Å². The predicted octanol–water partition coefficient (Wildman–Crippen LogP) is 4.52. The largest absolute Gasteiger partial charge is 0.353 e. The van der Waals surface area contributed by atoms with Gasteiger partial charge in [0.05, 0.1) is 17.0 Å². The maximum atomic E-state index is 13.1. The van der Waals surface area contributed by atoms with E-state index in [1.807, 2.05) is 67.6 Å². The highest BCUT2D eigenvalue weighted by molar-refractivity contribution is 9.10. The van der Waals surface area contributed by atoms with Gasteiger partial charge in [0.2, 0.25) is 5.91 Å². The minimum absolute atomic E-state index is 0.129. The summed E-state index contributed by atoms with van der Waals surface area (Å²) in [5.41, 5.74) is 3.13. The number of hydrogen-bond acceptors (Lipinski definition) is 4. The molecule has 146 valence electrons. The lowest BCUT2D eigenvalue weighted by atomic mass is 10.3. The molecular formula is C21H17BrN4O2S. The molecule has 0 aliphatic carbocycles. The Morgan fingerprint density at radius 2 is 1.90 bits per heavy atom. The van der Waals surface area contributed by atoms with Crippen LogP contribution in [0.5, 0.6) is 0 Å². The summed E-state index contributed by atoms with van der Waals surface area (Å²) in [5.74, 6) is -0.0407. The number of thioether (sulfide) groups is 1. The molecular weight excluding hydrogens is 452 g/mol. The van der Waals surface area contributed by atoms with Gasteiger partial charge in [0.1, 0.15) is 5.52 Å². The number of amides is 1. The van der Waals surface area contributed by atoms with Crippen molar-refractivity contribution in [1.29, 1.82) is 0 Å². The van der Waals surface area contributed by atoms with E-state index in [-0.39, 0.29) is 17.2 Å². The molecule has 29 heavy (non-hydrogen) atoms. The average molecular weight is 469 g/mol. The number of carbonyl (C=O) groups is 1. The average Bonchev–Trinajstić information content (AvgIpc) is 3.09. The van der Waals surface area contributed by atoms with E-state index >= 15 is 0 Å². The Hall–Kier alpha value is -2.84. The number of H-pyrrole nitrogens is 1. The fourth-order valence-electron chi connectivity index (χ4n) is 2.94. The molecule has 0 unspecified atom stereocenters. The maximum absolute atomic E-state index is 13.1. The van der Waals surface area contributed by atoms with Crippen molar-refractivity contribution >= 4 is 50.3 Å². The second-order valence-electron chi connectivity index (χ2n) is 6.43. The zero-order valence-corrected chi connectivity index (χ0v) is 17.9. The lowest BCUT2D eigenvalue weighted by Gasteiger charge is -2.12. The summed E-state index contributed by atoms with van der Waals surface area (Å²) in [6, 6.07) is 18.5. The monoisotopic (exact) mass is 468 g/mol. The number of hydrogen-bond donors (Lipinski definition) is 2. The van der Waals surface area contributed by atoms with Crippen LogP contribution in [-0.2, 0) is 4.79 Å². The van der Waals surface area contributed by atoms with E-state index < -0.39 is 0 Å². The first-order chi connectivity index (χ1) is 14.0. The van der Waals surface area contributed by atoms with Crippen molar-refractivity contribution in [2.75, 3.05) is 11.1 Å². The standard InChI is InChI=1S/C21H17BrN4O2S/c1-13-11-17-19(23-13)20(28)26(16-5-3-2-4-6-16)21(25-17)29-12-18(27)24-15-9-7-14(22)8-10-15/h2-11,23H,12H2,1H3,(H,24,27). The second kappa shape index (κ2) is 8.26. The summed E-state index contributed by atoms with van der Waals surface area (Å²) < 4.78 is 2.48. The number of para-hydroxylation sites is 1. The van der Waals surface area contributed by atoms with Gasteiger partial charge in [-0.05, 0) is 49.4 Å². The Balaban J connectivity index is 1.64.